The molecule has 12 heteroatoms. The van der Waals surface area contributed by atoms with Crippen molar-refractivity contribution in [2.24, 2.45) is 0 Å². The first-order valence-corrected chi connectivity index (χ1v) is 11.8. The maximum absolute atomic E-state index is 13.3. The van der Waals surface area contributed by atoms with E-state index in [0.717, 1.165) is 0 Å². The molecule has 33 heavy (non-hydrogen) atoms. The molecule has 1 unspecified atom stereocenters. The van der Waals surface area contributed by atoms with E-state index in [2.05, 4.69) is 20.1 Å². The standard InChI is InChI=1S/C21H22ClN7O3S/c1-12(26-20(30)17-18(23)27-29-8-4-7-25-19(17)29)15-11-13-5-3-6-14(22)16(13)21(31)28(15)9-10-33(32)24-2/h3-8,11-12,24H,9-10H2,1-2H3,(H2,23,27)(H,26,30)/t12-,33?/m0/s1. The summed E-state index contributed by atoms with van der Waals surface area (Å²) < 4.78 is 17.5. The summed E-state index contributed by atoms with van der Waals surface area (Å²) in [5.74, 6) is -0.228. The predicted molar refractivity (Wildman–Crippen MR) is 129 cm³/mol. The molecule has 0 aliphatic heterocycles. The number of aromatic nitrogens is 4. The first-order chi connectivity index (χ1) is 15.8. The van der Waals surface area contributed by atoms with E-state index in [1.54, 1.807) is 56.7 Å². The average Bonchev–Trinajstić information content (AvgIpc) is 3.13. The van der Waals surface area contributed by atoms with E-state index in [0.29, 0.717) is 27.1 Å². The molecule has 0 aliphatic rings. The van der Waals surface area contributed by atoms with Crippen LogP contribution in [0.3, 0.4) is 0 Å². The fourth-order valence-corrected chi connectivity index (χ4v) is 4.52. The summed E-state index contributed by atoms with van der Waals surface area (Å²) >= 11 is 4.98. The second-order valence-corrected chi connectivity index (χ2v) is 9.24. The molecule has 0 bridgehead atoms. The number of carbonyl (C=O) groups excluding carboxylic acids is 1. The number of nitrogens with two attached hydrogens (primary N) is 1. The topological polar surface area (TPSA) is 142 Å². The Labute approximate surface area is 197 Å². The van der Waals surface area contributed by atoms with E-state index in [9.17, 15) is 14.1 Å². The molecule has 0 aliphatic carbocycles. The largest absolute Gasteiger partial charge is 0.598 e. The van der Waals surface area contributed by atoms with Crippen LogP contribution in [0.2, 0.25) is 5.02 Å². The highest BCUT2D eigenvalue weighted by atomic mass is 35.5. The highest BCUT2D eigenvalue weighted by Gasteiger charge is 2.23. The molecule has 4 aromatic rings. The molecule has 0 saturated carbocycles. The van der Waals surface area contributed by atoms with Gasteiger partial charge in [-0.15, -0.1) is 9.82 Å². The number of benzene rings is 1. The van der Waals surface area contributed by atoms with Crippen LogP contribution in [0.15, 0.2) is 47.5 Å². The molecule has 4 rings (SSSR count). The van der Waals surface area contributed by atoms with Gasteiger partial charge in [0, 0.05) is 36.5 Å². The van der Waals surface area contributed by atoms with Crippen molar-refractivity contribution in [1.82, 2.24) is 29.2 Å². The number of anilines is 1. The summed E-state index contributed by atoms with van der Waals surface area (Å²) in [5.41, 5.74) is 6.66. The Kier molecular flexibility index (Phi) is 6.56. The monoisotopic (exact) mass is 487 g/mol. The first-order valence-electron chi connectivity index (χ1n) is 10.1. The van der Waals surface area contributed by atoms with Crippen LogP contribution in [-0.4, -0.2) is 42.4 Å². The third-order valence-electron chi connectivity index (χ3n) is 5.29. The Morgan fingerprint density at radius 2 is 2.15 bits per heavy atom. The lowest BCUT2D eigenvalue weighted by atomic mass is 10.1. The molecule has 0 saturated heterocycles. The number of nitrogens with zero attached hydrogens (tertiary/aromatic N) is 4. The lowest BCUT2D eigenvalue weighted by molar-refractivity contribution is 0.0940. The predicted octanol–water partition coefficient (Wildman–Crippen LogP) is 1.65. The number of halogens is 1. The fraction of sp³-hybridized carbons (Fsp3) is 0.238. The third kappa shape index (κ3) is 4.40. The summed E-state index contributed by atoms with van der Waals surface area (Å²) in [5, 5.41) is 8.34. The minimum Gasteiger partial charge on any atom is -0.598 e. The van der Waals surface area contributed by atoms with Crippen LogP contribution in [-0.2, 0) is 17.9 Å². The number of hydrogen-bond acceptors (Lipinski definition) is 7. The number of hydrogen-bond donors (Lipinski definition) is 3. The molecule has 4 N–H and O–H groups in total. The quantitative estimate of drug-likeness (QED) is 0.336. The second-order valence-electron chi connectivity index (χ2n) is 7.33. The van der Waals surface area contributed by atoms with Gasteiger partial charge in [-0.05, 0) is 30.5 Å². The number of fused-ring (bicyclic) bond motifs is 2. The molecular formula is C21H22ClN7O3S. The Hall–Kier alpha value is -3.12. The molecule has 172 valence electrons. The van der Waals surface area contributed by atoms with Gasteiger partial charge in [-0.25, -0.2) is 9.50 Å². The van der Waals surface area contributed by atoms with E-state index < -0.39 is 23.3 Å². The molecule has 3 aromatic heterocycles. The highest BCUT2D eigenvalue weighted by Crippen LogP contribution is 2.24. The fourth-order valence-electron chi connectivity index (χ4n) is 3.71. The minimum atomic E-state index is -1.32. The normalized spacial score (nSPS) is 13.3. The van der Waals surface area contributed by atoms with Crippen molar-refractivity contribution < 1.29 is 9.35 Å². The maximum Gasteiger partial charge on any atom is 0.260 e. The lowest BCUT2D eigenvalue weighted by Gasteiger charge is -2.21. The maximum atomic E-state index is 13.3. The number of rotatable bonds is 7. The summed E-state index contributed by atoms with van der Waals surface area (Å²) in [4.78, 5) is 30.6. The van der Waals surface area contributed by atoms with Crippen molar-refractivity contribution in [2.75, 3.05) is 18.5 Å². The van der Waals surface area contributed by atoms with E-state index in [-0.39, 0.29) is 29.2 Å². The van der Waals surface area contributed by atoms with E-state index in [1.165, 1.54) is 9.08 Å². The molecule has 3 heterocycles. The van der Waals surface area contributed by atoms with Crippen LogP contribution >= 0.6 is 11.6 Å². The summed E-state index contributed by atoms with van der Waals surface area (Å²) in [6, 6.07) is 8.07. The van der Waals surface area contributed by atoms with E-state index >= 15 is 0 Å². The molecule has 10 nitrogen and oxygen atoms in total. The average molecular weight is 488 g/mol. The molecule has 1 aromatic carbocycles. The Morgan fingerprint density at radius 1 is 1.36 bits per heavy atom. The zero-order valence-corrected chi connectivity index (χ0v) is 19.5. The molecule has 0 fully saturated rings. The van der Waals surface area contributed by atoms with Crippen LogP contribution in [0.5, 0.6) is 0 Å². The Bertz CT molecular complexity index is 1400. The van der Waals surface area contributed by atoms with E-state index in [1.807, 2.05) is 0 Å². The SMILES string of the molecule is CN[S+]([O-])CCn1c([C@H](C)NC(=O)c2c(N)nn3cccnc23)cc2cccc(Cl)c2c1=O. The Balaban J connectivity index is 1.74. The molecule has 1 amide bonds. The molecule has 0 spiro atoms. The van der Waals surface area contributed by atoms with Crippen molar-refractivity contribution in [1.29, 1.82) is 0 Å². The zero-order valence-electron chi connectivity index (χ0n) is 17.9. The van der Waals surface area contributed by atoms with Gasteiger partial charge in [0.2, 0.25) is 0 Å². The van der Waals surface area contributed by atoms with E-state index in [4.69, 9.17) is 17.3 Å². The van der Waals surface area contributed by atoms with Gasteiger partial charge in [-0.3, -0.25) is 9.59 Å². The van der Waals surface area contributed by atoms with Gasteiger partial charge in [-0.1, -0.05) is 23.7 Å². The van der Waals surface area contributed by atoms with Gasteiger partial charge in [-0.2, -0.15) is 0 Å². The number of pyridine rings is 1. The first kappa shape index (κ1) is 23.1. The number of amides is 1. The number of nitrogen functional groups attached to an aromatic ring is 1. The van der Waals surface area contributed by atoms with Crippen molar-refractivity contribution in [3.63, 3.8) is 0 Å². The van der Waals surface area contributed by atoms with Gasteiger partial charge in [0.15, 0.2) is 11.5 Å². The van der Waals surface area contributed by atoms with Gasteiger partial charge < -0.3 is 20.2 Å². The van der Waals surface area contributed by atoms with Crippen LogP contribution in [0.25, 0.3) is 16.4 Å². The highest BCUT2D eigenvalue weighted by molar-refractivity contribution is 7.89. The molecule has 2 atom stereocenters. The third-order valence-corrected chi connectivity index (χ3v) is 6.61. The smallest absolute Gasteiger partial charge is 0.260 e. The van der Waals surface area contributed by atoms with Crippen LogP contribution in [0.1, 0.15) is 29.0 Å². The Morgan fingerprint density at radius 3 is 2.91 bits per heavy atom. The summed E-state index contributed by atoms with van der Waals surface area (Å²) in [7, 11) is 1.58. The minimum absolute atomic E-state index is 0.0468. The van der Waals surface area contributed by atoms with Crippen molar-refractivity contribution in [2.45, 2.75) is 19.5 Å². The second kappa shape index (κ2) is 9.40. The summed E-state index contributed by atoms with van der Waals surface area (Å²) in [6.07, 6.45) is 3.19. The number of carbonyl (C=O) groups is 1. The zero-order chi connectivity index (χ0) is 23.7. The number of nitrogens with one attached hydrogen (secondary N) is 2. The van der Waals surface area contributed by atoms with Crippen molar-refractivity contribution >= 4 is 51.1 Å². The van der Waals surface area contributed by atoms with Crippen LogP contribution in [0, 0.1) is 0 Å². The van der Waals surface area contributed by atoms with Crippen molar-refractivity contribution in [3.05, 3.63) is 69.4 Å². The van der Waals surface area contributed by atoms with Crippen LogP contribution in [0.4, 0.5) is 5.82 Å². The van der Waals surface area contributed by atoms with Gasteiger partial charge in [0.25, 0.3) is 11.5 Å². The van der Waals surface area contributed by atoms with Crippen molar-refractivity contribution in [3.8, 4) is 0 Å². The van der Waals surface area contributed by atoms with Gasteiger partial charge >= 0.3 is 0 Å². The van der Waals surface area contributed by atoms with Crippen LogP contribution < -0.4 is 21.3 Å². The molecular weight excluding hydrogens is 466 g/mol. The van der Waals surface area contributed by atoms with Gasteiger partial charge in [0.1, 0.15) is 11.3 Å². The summed E-state index contributed by atoms with van der Waals surface area (Å²) in [6.45, 7) is 1.92. The lowest BCUT2D eigenvalue weighted by Crippen LogP contribution is -2.35. The molecule has 0 radical (unpaired) electrons. The van der Waals surface area contributed by atoms with Gasteiger partial charge in [0.05, 0.1) is 23.0 Å².